The Morgan fingerprint density at radius 2 is 2.08 bits per heavy atom. The van der Waals surface area contributed by atoms with Crippen molar-refractivity contribution in [2.75, 3.05) is 6.54 Å². The second kappa shape index (κ2) is 4.43. The van der Waals surface area contributed by atoms with Crippen molar-refractivity contribution >= 4 is 24.3 Å². The summed E-state index contributed by atoms with van der Waals surface area (Å²) in [5.74, 6) is -0.308. The van der Waals surface area contributed by atoms with E-state index < -0.39 is 11.6 Å². The van der Waals surface area contributed by atoms with Crippen LogP contribution in [0.1, 0.15) is 19.8 Å². The Morgan fingerprint density at radius 1 is 1.46 bits per heavy atom. The third-order valence-electron chi connectivity index (χ3n) is 2.04. The summed E-state index contributed by atoms with van der Waals surface area (Å²) in [6.07, 6.45) is 1.39. The number of carbonyl (C=O) groups excluding carboxylic acids is 2. The van der Waals surface area contributed by atoms with Gasteiger partial charge in [0.25, 0.3) is 5.91 Å². The SMILES string of the molecule is CCC[C@]1(CN)NC(=O)NC1=O.Cl. The highest BCUT2D eigenvalue weighted by Crippen LogP contribution is 2.15. The highest BCUT2D eigenvalue weighted by Gasteiger charge is 2.43. The van der Waals surface area contributed by atoms with Gasteiger partial charge >= 0.3 is 6.03 Å². The van der Waals surface area contributed by atoms with Crippen LogP contribution < -0.4 is 16.4 Å². The Morgan fingerprint density at radius 3 is 2.38 bits per heavy atom. The molecule has 1 fully saturated rings. The van der Waals surface area contributed by atoms with Gasteiger partial charge in [-0.2, -0.15) is 0 Å². The second-order valence-corrected chi connectivity index (χ2v) is 2.94. The number of imide groups is 1. The quantitative estimate of drug-likeness (QED) is 0.558. The first-order chi connectivity index (χ1) is 5.64. The maximum absolute atomic E-state index is 11.3. The van der Waals surface area contributed by atoms with Crippen LogP contribution in [0.25, 0.3) is 0 Å². The van der Waals surface area contributed by atoms with Crippen LogP contribution in [-0.4, -0.2) is 24.0 Å². The van der Waals surface area contributed by atoms with Crippen LogP contribution in [0.2, 0.25) is 0 Å². The highest BCUT2D eigenvalue weighted by atomic mass is 35.5. The Bertz CT molecular complexity index is 222. The Balaban J connectivity index is 0.00000144. The summed E-state index contributed by atoms with van der Waals surface area (Å²) in [4.78, 5) is 22.1. The molecule has 6 heteroatoms. The van der Waals surface area contributed by atoms with E-state index in [2.05, 4.69) is 10.6 Å². The number of rotatable bonds is 3. The van der Waals surface area contributed by atoms with Gasteiger partial charge < -0.3 is 11.1 Å². The molecule has 0 radical (unpaired) electrons. The van der Waals surface area contributed by atoms with E-state index in [9.17, 15) is 9.59 Å². The molecule has 0 aromatic heterocycles. The maximum atomic E-state index is 11.3. The van der Waals surface area contributed by atoms with Crippen molar-refractivity contribution < 1.29 is 9.59 Å². The van der Waals surface area contributed by atoms with Gasteiger partial charge in [0.05, 0.1) is 0 Å². The lowest BCUT2D eigenvalue weighted by Crippen LogP contribution is -2.52. The predicted octanol–water partition coefficient (Wildman–Crippen LogP) is -0.255. The molecule has 1 aliphatic rings. The molecule has 0 bridgehead atoms. The Hall–Kier alpha value is -0.810. The molecule has 0 unspecified atom stereocenters. The van der Waals surface area contributed by atoms with Gasteiger partial charge in [-0.25, -0.2) is 4.79 Å². The third kappa shape index (κ3) is 2.10. The molecule has 4 N–H and O–H groups in total. The topological polar surface area (TPSA) is 84.2 Å². The highest BCUT2D eigenvalue weighted by molar-refractivity contribution is 6.07. The first-order valence-corrected chi connectivity index (χ1v) is 3.98. The van der Waals surface area contributed by atoms with Crippen LogP contribution in [0, 0.1) is 0 Å². The van der Waals surface area contributed by atoms with Gasteiger partial charge in [0.15, 0.2) is 0 Å². The summed E-state index contributed by atoms with van der Waals surface area (Å²) in [7, 11) is 0. The third-order valence-corrected chi connectivity index (χ3v) is 2.04. The minimum atomic E-state index is -0.855. The molecule has 0 aromatic rings. The fraction of sp³-hybridized carbons (Fsp3) is 0.714. The number of hydrogen-bond acceptors (Lipinski definition) is 3. The molecule has 1 atom stereocenters. The smallest absolute Gasteiger partial charge is 0.322 e. The molecule has 0 aromatic carbocycles. The molecular weight excluding hydrogens is 194 g/mol. The molecule has 1 saturated heterocycles. The molecule has 0 saturated carbocycles. The van der Waals surface area contributed by atoms with E-state index >= 15 is 0 Å². The number of nitrogens with two attached hydrogens (primary N) is 1. The molecule has 0 spiro atoms. The van der Waals surface area contributed by atoms with Crippen LogP contribution in [0.3, 0.4) is 0 Å². The van der Waals surface area contributed by atoms with E-state index in [1.807, 2.05) is 6.92 Å². The number of carbonyl (C=O) groups is 2. The van der Waals surface area contributed by atoms with E-state index in [0.717, 1.165) is 6.42 Å². The van der Waals surface area contributed by atoms with Crippen molar-refractivity contribution in [2.45, 2.75) is 25.3 Å². The van der Waals surface area contributed by atoms with E-state index in [-0.39, 0.29) is 24.9 Å². The molecule has 1 heterocycles. The molecular formula is C7H14ClN3O2. The van der Waals surface area contributed by atoms with Crippen molar-refractivity contribution in [3.8, 4) is 0 Å². The number of halogens is 1. The number of amides is 3. The van der Waals surface area contributed by atoms with Gasteiger partial charge in [-0.15, -0.1) is 12.4 Å². The summed E-state index contributed by atoms with van der Waals surface area (Å²) >= 11 is 0. The number of nitrogens with one attached hydrogen (secondary N) is 2. The first kappa shape index (κ1) is 12.2. The summed E-state index contributed by atoms with van der Waals surface area (Å²) in [5.41, 5.74) is 4.58. The molecule has 1 rings (SSSR count). The summed E-state index contributed by atoms with van der Waals surface area (Å²) < 4.78 is 0. The van der Waals surface area contributed by atoms with E-state index in [4.69, 9.17) is 5.73 Å². The monoisotopic (exact) mass is 207 g/mol. The van der Waals surface area contributed by atoms with Crippen LogP contribution in [0.4, 0.5) is 4.79 Å². The molecule has 1 aliphatic heterocycles. The van der Waals surface area contributed by atoms with Gasteiger partial charge in [-0.3, -0.25) is 10.1 Å². The minimum Gasteiger partial charge on any atom is -0.328 e. The van der Waals surface area contributed by atoms with Crippen molar-refractivity contribution in [3.63, 3.8) is 0 Å². The van der Waals surface area contributed by atoms with E-state index in [1.165, 1.54) is 0 Å². The average molecular weight is 208 g/mol. The van der Waals surface area contributed by atoms with Crippen LogP contribution in [-0.2, 0) is 4.79 Å². The maximum Gasteiger partial charge on any atom is 0.322 e. The van der Waals surface area contributed by atoms with E-state index in [1.54, 1.807) is 0 Å². The van der Waals surface area contributed by atoms with Crippen LogP contribution >= 0.6 is 12.4 Å². The van der Waals surface area contributed by atoms with Crippen molar-refractivity contribution in [1.82, 2.24) is 10.6 Å². The normalized spacial score (nSPS) is 26.3. The van der Waals surface area contributed by atoms with E-state index in [0.29, 0.717) is 6.42 Å². The van der Waals surface area contributed by atoms with Crippen molar-refractivity contribution in [2.24, 2.45) is 5.73 Å². The second-order valence-electron chi connectivity index (χ2n) is 2.94. The fourth-order valence-corrected chi connectivity index (χ4v) is 1.38. The van der Waals surface area contributed by atoms with Gasteiger partial charge in [-0.05, 0) is 6.42 Å². The van der Waals surface area contributed by atoms with Crippen molar-refractivity contribution in [3.05, 3.63) is 0 Å². The fourth-order valence-electron chi connectivity index (χ4n) is 1.38. The number of hydrogen-bond donors (Lipinski definition) is 3. The summed E-state index contributed by atoms with van der Waals surface area (Å²) in [6.45, 7) is 2.09. The van der Waals surface area contributed by atoms with Gasteiger partial charge in [0.1, 0.15) is 5.54 Å². The van der Waals surface area contributed by atoms with Gasteiger partial charge in [-0.1, -0.05) is 13.3 Å². The van der Waals surface area contributed by atoms with Gasteiger partial charge in [0.2, 0.25) is 0 Å². The summed E-state index contributed by atoms with van der Waals surface area (Å²) in [6, 6.07) is -0.445. The molecule has 76 valence electrons. The Labute approximate surface area is 82.8 Å². The molecule has 3 amide bonds. The largest absolute Gasteiger partial charge is 0.328 e. The standard InChI is InChI=1S/C7H13N3O2.ClH/c1-2-3-7(4-8)5(11)9-6(12)10-7;/h2-4,8H2,1H3,(H2,9,10,11,12);1H/t7-;/m1./s1. The zero-order valence-corrected chi connectivity index (χ0v) is 8.24. The van der Waals surface area contributed by atoms with Crippen LogP contribution in [0.15, 0.2) is 0 Å². The molecule has 13 heavy (non-hydrogen) atoms. The zero-order chi connectivity index (χ0) is 9.19. The first-order valence-electron chi connectivity index (χ1n) is 3.98. The lowest BCUT2D eigenvalue weighted by atomic mass is 9.94. The zero-order valence-electron chi connectivity index (χ0n) is 7.42. The lowest BCUT2D eigenvalue weighted by molar-refractivity contribution is -0.123. The predicted molar refractivity (Wildman–Crippen MR) is 50.6 cm³/mol. The van der Waals surface area contributed by atoms with Gasteiger partial charge in [0, 0.05) is 6.54 Å². The number of urea groups is 1. The average Bonchev–Trinajstić information content (AvgIpc) is 2.28. The Kier molecular flexibility index (Phi) is 4.16. The van der Waals surface area contributed by atoms with Crippen molar-refractivity contribution in [1.29, 1.82) is 0 Å². The summed E-state index contributed by atoms with van der Waals surface area (Å²) in [5, 5.41) is 4.72. The lowest BCUT2D eigenvalue weighted by Gasteiger charge is -2.22. The van der Waals surface area contributed by atoms with Crippen LogP contribution in [0.5, 0.6) is 0 Å². The molecule has 5 nitrogen and oxygen atoms in total. The molecule has 0 aliphatic carbocycles. The minimum absolute atomic E-state index is 0.